The van der Waals surface area contributed by atoms with Crippen molar-refractivity contribution in [2.24, 2.45) is 0 Å². The zero-order valence-corrected chi connectivity index (χ0v) is 17.2. The van der Waals surface area contributed by atoms with Gasteiger partial charge in [0.25, 0.3) is 5.78 Å². The highest BCUT2D eigenvalue weighted by Gasteiger charge is 2.48. The number of hydrogen-bond donors (Lipinski definition) is 1. The number of nitrogens with zero attached hydrogens (tertiary/aromatic N) is 2. The molecule has 3 aromatic rings. The fraction of sp³-hybridized carbons (Fsp3) is 0.174. The second kappa shape index (κ2) is 7.98. The Morgan fingerprint density at radius 1 is 1.03 bits per heavy atom. The fourth-order valence-corrected chi connectivity index (χ4v) is 3.57. The molecule has 2 aromatic carbocycles. The second-order valence-electron chi connectivity index (χ2n) is 6.97. The van der Waals surface area contributed by atoms with Crippen molar-refractivity contribution >= 4 is 23.3 Å². The van der Waals surface area contributed by atoms with Crippen molar-refractivity contribution in [3.05, 3.63) is 77.1 Å². The molecule has 31 heavy (non-hydrogen) atoms. The Morgan fingerprint density at radius 2 is 1.74 bits per heavy atom. The lowest BCUT2D eigenvalue weighted by Crippen LogP contribution is -2.29. The third-order valence-electron chi connectivity index (χ3n) is 5.08. The van der Waals surface area contributed by atoms with E-state index in [1.54, 1.807) is 61.5 Å². The molecule has 0 spiro atoms. The second-order valence-corrected chi connectivity index (χ2v) is 6.97. The van der Waals surface area contributed by atoms with Gasteiger partial charge in [-0.05, 0) is 48.9 Å². The molecular weight excluding hydrogens is 400 g/mol. The van der Waals surface area contributed by atoms with Crippen LogP contribution in [0.4, 0.5) is 5.82 Å². The molecule has 0 aliphatic carbocycles. The molecule has 1 N–H and O–H groups in total. The molecule has 1 fully saturated rings. The lowest BCUT2D eigenvalue weighted by molar-refractivity contribution is -0.132. The number of carbonyl (C=O) groups is 2. The first-order valence-electron chi connectivity index (χ1n) is 9.47. The van der Waals surface area contributed by atoms with Gasteiger partial charge in [-0.1, -0.05) is 17.3 Å². The minimum absolute atomic E-state index is 0.0518. The van der Waals surface area contributed by atoms with Gasteiger partial charge >= 0.3 is 5.91 Å². The van der Waals surface area contributed by atoms with E-state index in [0.29, 0.717) is 28.4 Å². The molecule has 4 rings (SSSR count). The molecule has 1 saturated heterocycles. The number of carbonyl (C=O) groups excluding carboxylic acids is 2. The average molecular weight is 420 g/mol. The van der Waals surface area contributed by atoms with E-state index >= 15 is 0 Å². The van der Waals surface area contributed by atoms with Gasteiger partial charge in [0, 0.05) is 11.6 Å². The molecule has 0 bridgehead atoms. The maximum atomic E-state index is 13.0. The number of methoxy groups -OCH3 is 2. The first-order valence-corrected chi connectivity index (χ1v) is 9.47. The summed E-state index contributed by atoms with van der Waals surface area (Å²) in [6.07, 6.45) is 0. The summed E-state index contributed by atoms with van der Waals surface area (Å²) in [4.78, 5) is 27.3. The Hall–Kier alpha value is -4.07. The molecule has 1 unspecified atom stereocenters. The molecule has 1 aliphatic heterocycles. The van der Waals surface area contributed by atoms with E-state index in [0.717, 1.165) is 0 Å². The number of aliphatic hydroxyl groups is 1. The van der Waals surface area contributed by atoms with Crippen LogP contribution < -0.4 is 14.4 Å². The van der Waals surface area contributed by atoms with Crippen molar-refractivity contribution in [2.75, 3.05) is 19.1 Å². The number of hydrogen-bond acceptors (Lipinski definition) is 7. The smallest absolute Gasteiger partial charge is 0.301 e. The topological polar surface area (TPSA) is 102 Å². The Morgan fingerprint density at radius 3 is 2.35 bits per heavy atom. The first-order chi connectivity index (χ1) is 14.9. The van der Waals surface area contributed by atoms with E-state index in [1.807, 2.05) is 0 Å². The summed E-state index contributed by atoms with van der Waals surface area (Å²) in [6.45, 7) is 1.69. The van der Waals surface area contributed by atoms with Gasteiger partial charge in [0.05, 0.1) is 25.8 Å². The van der Waals surface area contributed by atoms with E-state index in [9.17, 15) is 14.7 Å². The number of benzene rings is 2. The van der Waals surface area contributed by atoms with Gasteiger partial charge < -0.3 is 19.1 Å². The molecular formula is C23H20N2O6. The third-order valence-corrected chi connectivity index (χ3v) is 5.08. The first kappa shape index (κ1) is 20.2. The number of Topliss-reactive ketones (excluding diaryl/α,β-unsaturated/α-hetero) is 1. The standard InChI is InChI=1S/C23H20N2O6/c1-13-11-18(24-31-13)25-20(15-5-4-6-17(12-15)30-3)19(22(27)23(25)28)21(26)14-7-9-16(29-2)10-8-14/h4-12,20,26H,1-3H3/b21-19-. The predicted octanol–water partition coefficient (Wildman–Crippen LogP) is 3.63. The van der Waals surface area contributed by atoms with Crippen LogP contribution in [0.25, 0.3) is 5.76 Å². The summed E-state index contributed by atoms with van der Waals surface area (Å²) < 4.78 is 15.6. The molecule has 8 nitrogen and oxygen atoms in total. The number of aliphatic hydroxyl groups excluding tert-OH is 1. The SMILES string of the molecule is COc1ccc(/C(O)=C2/C(=O)C(=O)N(c3cc(C)on3)C2c2cccc(OC)c2)cc1. The molecule has 158 valence electrons. The average Bonchev–Trinajstić information content (AvgIpc) is 3.34. The van der Waals surface area contributed by atoms with Gasteiger partial charge in [0.1, 0.15) is 23.0 Å². The van der Waals surface area contributed by atoms with E-state index in [2.05, 4.69) is 5.16 Å². The Bertz CT molecular complexity index is 1180. The summed E-state index contributed by atoms with van der Waals surface area (Å²) in [5.74, 6) is -0.115. The van der Waals surface area contributed by atoms with Gasteiger partial charge in [0.15, 0.2) is 5.82 Å². The van der Waals surface area contributed by atoms with E-state index in [1.165, 1.54) is 19.1 Å². The monoisotopic (exact) mass is 420 g/mol. The van der Waals surface area contributed by atoms with Crippen LogP contribution in [0, 0.1) is 6.92 Å². The quantitative estimate of drug-likeness (QED) is 0.382. The molecule has 1 atom stereocenters. The van der Waals surface area contributed by atoms with E-state index < -0.39 is 17.7 Å². The molecule has 1 amide bonds. The highest BCUT2D eigenvalue weighted by atomic mass is 16.5. The number of ether oxygens (including phenoxy) is 2. The van der Waals surface area contributed by atoms with Crippen LogP contribution in [0.3, 0.4) is 0 Å². The third kappa shape index (κ3) is 3.52. The fourth-order valence-electron chi connectivity index (χ4n) is 3.57. The Balaban J connectivity index is 1.92. The number of anilines is 1. The van der Waals surface area contributed by atoms with Crippen LogP contribution in [-0.4, -0.2) is 36.2 Å². The maximum Gasteiger partial charge on any atom is 0.301 e. The summed E-state index contributed by atoms with van der Waals surface area (Å²) in [5, 5.41) is 15.0. The van der Waals surface area contributed by atoms with Gasteiger partial charge in [-0.25, -0.2) is 0 Å². The minimum Gasteiger partial charge on any atom is -0.507 e. The van der Waals surface area contributed by atoms with Crippen LogP contribution in [-0.2, 0) is 9.59 Å². The number of amides is 1. The lowest BCUT2D eigenvalue weighted by Gasteiger charge is -2.23. The lowest BCUT2D eigenvalue weighted by atomic mass is 9.95. The van der Waals surface area contributed by atoms with Crippen molar-refractivity contribution in [3.8, 4) is 11.5 Å². The minimum atomic E-state index is -0.915. The summed E-state index contributed by atoms with van der Waals surface area (Å²) in [7, 11) is 3.05. The van der Waals surface area contributed by atoms with Crippen molar-refractivity contribution < 1.29 is 28.7 Å². The zero-order chi connectivity index (χ0) is 22.1. The van der Waals surface area contributed by atoms with Crippen molar-refractivity contribution in [3.63, 3.8) is 0 Å². The van der Waals surface area contributed by atoms with Crippen LogP contribution in [0.1, 0.15) is 22.9 Å². The summed E-state index contributed by atoms with van der Waals surface area (Å²) in [5.41, 5.74) is 0.904. The normalized spacial score (nSPS) is 17.8. The van der Waals surface area contributed by atoms with Crippen LogP contribution in [0.2, 0.25) is 0 Å². The van der Waals surface area contributed by atoms with Gasteiger partial charge in [-0.2, -0.15) is 0 Å². The highest BCUT2D eigenvalue weighted by Crippen LogP contribution is 2.42. The Kier molecular flexibility index (Phi) is 5.21. The van der Waals surface area contributed by atoms with E-state index in [4.69, 9.17) is 14.0 Å². The zero-order valence-electron chi connectivity index (χ0n) is 17.2. The van der Waals surface area contributed by atoms with Crippen LogP contribution >= 0.6 is 0 Å². The predicted molar refractivity (Wildman–Crippen MR) is 112 cm³/mol. The maximum absolute atomic E-state index is 13.0. The summed E-state index contributed by atoms with van der Waals surface area (Å²) >= 11 is 0. The summed E-state index contributed by atoms with van der Waals surface area (Å²) in [6, 6.07) is 14.1. The Labute approximate surface area is 178 Å². The van der Waals surface area contributed by atoms with Crippen molar-refractivity contribution in [1.29, 1.82) is 0 Å². The number of aromatic nitrogens is 1. The molecule has 2 heterocycles. The largest absolute Gasteiger partial charge is 0.507 e. The molecule has 0 radical (unpaired) electrons. The van der Waals surface area contributed by atoms with Crippen LogP contribution in [0.5, 0.6) is 11.5 Å². The molecule has 0 saturated carbocycles. The van der Waals surface area contributed by atoms with Crippen molar-refractivity contribution in [2.45, 2.75) is 13.0 Å². The van der Waals surface area contributed by atoms with Crippen molar-refractivity contribution in [1.82, 2.24) is 5.16 Å². The number of ketones is 1. The van der Waals surface area contributed by atoms with Gasteiger partial charge in [-0.15, -0.1) is 0 Å². The molecule has 1 aromatic heterocycles. The highest BCUT2D eigenvalue weighted by molar-refractivity contribution is 6.51. The van der Waals surface area contributed by atoms with Crippen LogP contribution in [0.15, 0.2) is 64.7 Å². The number of rotatable bonds is 5. The molecule has 8 heteroatoms. The van der Waals surface area contributed by atoms with Gasteiger partial charge in [-0.3, -0.25) is 14.5 Å². The van der Waals surface area contributed by atoms with Gasteiger partial charge in [0.2, 0.25) is 0 Å². The number of aryl methyl sites for hydroxylation is 1. The molecule has 1 aliphatic rings. The van der Waals surface area contributed by atoms with E-state index in [-0.39, 0.29) is 17.2 Å².